The third kappa shape index (κ3) is 3.74. The molecule has 0 saturated heterocycles. The van der Waals surface area contributed by atoms with Crippen LogP contribution in [0.25, 0.3) is 0 Å². The number of hydrogen-bond acceptors (Lipinski definition) is 2. The Morgan fingerprint density at radius 2 is 2.00 bits per heavy atom. The van der Waals surface area contributed by atoms with Gasteiger partial charge in [-0.1, -0.05) is 27.2 Å². The summed E-state index contributed by atoms with van der Waals surface area (Å²) in [7, 11) is 0. The maximum atomic E-state index is 9.52. The predicted molar refractivity (Wildman–Crippen MR) is 69.5 cm³/mol. The lowest BCUT2D eigenvalue weighted by atomic mass is 9.78. The highest BCUT2D eigenvalue weighted by molar-refractivity contribution is 4.90. The molecule has 1 saturated carbocycles. The summed E-state index contributed by atoms with van der Waals surface area (Å²) in [6.45, 7) is 9.28. The normalized spacial score (nSPS) is 34.7. The molecule has 0 aromatic heterocycles. The molecule has 0 radical (unpaired) electrons. The summed E-state index contributed by atoms with van der Waals surface area (Å²) in [6.07, 6.45) is 6.10. The van der Waals surface area contributed by atoms with Crippen molar-refractivity contribution < 1.29 is 5.11 Å². The fraction of sp³-hybridized carbons (Fsp3) is 1.00. The first-order valence-corrected chi connectivity index (χ1v) is 6.89. The molecule has 2 heteroatoms. The lowest BCUT2D eigenvalue weighted by molar-refractivity contribution is 0.117. The van der Waals surface area contributed by atoms with Crippen LogP contribution in [0.5, 0.6) is 0 Å². The minimum Gasteiger partial charge on any atom is -0.394 e. The third-order valence-corrected chi connectivity index (χ3v) is 4.12. The highest BCUT2D eigenvalue weighted by Crippen LogP contribution is 2.30. The summed E-state index contributed by atoms with van der Waals surface area (Å²) in [6, 6.07) is 0.597. The number of nitrogens with one attached hydrogen (secondary N) is 1. The smallest absolute Gasteiger partial charge is 0.0610 e. The lowest BCUT2D eigenvalue weighted by Gasteiger charge is -2.40. The average molecular weight is 227 g/mol. The van der Waals surface area contributed by atoms with E-state index >= 15 is 0 Å². The van der Waals surface area contributed by atoms with E-state index in [1.165, 1.54) is 19.3 Å². The molecule has 1 aliphatic rings. The van der Waals surface area contributed by atoms with Gasteiger partial charge in [-0.15, -0.1) is 0 Å². The first kappa shape index (κ1) is 14.0. The molecule has 2 N–H and O–H groups in total. The highest BCUT2D eigenvalue weighted by atomic mass is 16.3. The molecule has 0 aromatic rings. The standard InChI is InChI=1S/C14H29NO/c1-5-8-14(4,10-16)15-13-7-6-11(2)9-12(13)3/h11-13,15-16H,5-10H2,1-4H3. The van der Waals surface area contributed by atoms with Crippen LogP contribution < -0.4 is 5.32 Å². The van der Waals surface area contributed by atoms with Gasteiger partial charge in [0.2, 0.25) is 0 Å². The van der Waals surface area contributed by atoms with Gasteiger partial charge < -0.3 is 10.4 Å². The Morgan fingerprint density at radius 1 is 1.31 bits per heavy atom. The molecule has 0 aromatic carbocycles. The highest BCUT2D eigenvalue weighted by Gasteiger charge is 2.31. The molecule has 0 spiro atoms. The average Bonchev–Trinajstić information content (AvgIpc) is 2.23. The van der Waals surface area contributed by atoms with Gasteiger partial charge >= 0.3 is 0 Å². The number of hydrogen-bond donors (Lipinski definition) is 2. The fourth-order valence-corrected chi connectivity index (χ4v) is 3.08. The Balaban J connectivity index is 2.51. The quantitative estimate of drug-likeness (QED) is 0.757. The van der Waals surface area contributed by atoms with Gasteiger partial charge in [-0.05, 0) is 44.4 Å². The first-order valence-electron chi connectivity index (χ1n) is 6.89. The van der Waals surface area contributed by atoms with Gasteiger partial charge in [0.05, 0.1) is 6.61 Å². The number of aliphatic hydroxyl groups is 1. The Hall–Kier alpha value is -0.0800. The third-order valence-electron chi connectivity index (χ3n) is 4.12. The lowest BCUT2D eigenvalue weighted by Crippen LogP contribution is -2.54. The molecule has 2 nitrogen and oxygen atoms in total. The van der Waals surface area contributed by atoms with Gasteiger partial charge in [-0.25, -0.2) is 0 Å². The van der Waals surface area contributed by atoms with Crippen LogP contribution in [0.4, 0.5) is 0 Å². The van der Waals surface area contributed by atoms with E-state index in [1.54, 1.807) is 0 Å². The van der Waals surface area contributed by atoms with Crippen molar-refractivity contribution in [3.8, 4) is 0 Å². The predicted octanol–water partition coefficient (Wildman–Crippen LogP) is 2.95. The van der Waals surface area contributed by atoms with Crippen molar-refractivity contribution in [2.24, 2.45) is 11.8 Å². The molecule has 96 valence electrons. The minimum atomic E-state index is -0.0751. The van der Waals surface area contributed by atoms with Gasteiger partial charge in [0, 0.05) is 11.6 Å². The van der Waals surface area contributed by atoms with Crippen molar-refractivity contribution in [1.82, 2.24) is 5.32 Å². The summed E-state index contributed by atoms with van der Waals surface area (Å²) >= 11 is 0. The van der Waals surface area contributed by atoms with Crippen LogP contribution in [0.15, 0.2) is 0 Å². The van der Waals surface area contributed by atoms with Gasteiger partial charge in [0.25, 0.3) is 0 Å². The van der Waals surface area contributed by atoms with Crippen molar-refractivity contribution in [3.63, 3.8) is 0 Å². The minimum absolute atomic E-state index is 0.0751. The van der Waals surface area contributed by atoms with E-state index in [2.05, 4.69) is 33.0 Å². The van der Waals surface area contributed by atoms with E-state index in [0.29, 0.717) is 6.04 Å². The van der Waals surface area contributed by atoms with E-state index in [1.807, 2.05) is 0 Å². The van der Waals surface area contributed by atoms with Crippen LogP contribution in [0.3, 0.4) is 0 Å². The van der Waals surface area contributed by atoms with Crippen LogP contribution in [0.2, 0.25) is 0 Å². The number of rotatable bonds is 5. The zero-order chi connectivity index (χ0) is 12.2. The summed E-state index contributed by atoms with van der Waals surface area (Å²) in [5, 5.41) is 13.2. The molecule has 0 amide bonds. The van der Waals surface area contributed by atoms with Crippen LogP contribution in [-0.4, -0.2) is 23.3 Å². The van der Waals surface area contributed by atoms with Gasteiger partial charge in [0.1, 0.15) is 0 Å². The van der Waals surface area contributed by atoms with Gasteiger partial charge in [-0.3, -0.25) is 0 Å². The Morgan fingerprint density at radius 3 is 2.50 bits per heavy atom. The molecule has 0 bridgehead atoms. The summed E-state index contributed by atoms with van der Waals surface area (Å²) < 4.78 is 0. The SMILES string of the molecule is CCCC(C)(CO)NC1CCC(C)CC1C. The second kappa shape index (κ2) is 6.02. The largest absolute Gasteiger partial charge is 0.394 e. The maximum Gasteiger partial charge on any atom is 0.0610 e. The molecule has 1 fully saturated rings. The van der Waals surface area contributed by atoms with E-state index in [4.69, 9.17) is 0 Å². The second-order valence-electron chi connectivity index (χ2n) is 6.12. The molecular formula is C14H29NO. The molecule has 0 heterocycles. The van der Waals surface area contributed by atoms with Gasteiger partial charge in [0.15, 0.2) is 0 Å². The Bertz CT molecular complexity index is 207. The van der Waals surface area contributed by atoms with Crippen molar-refractivity contribution >= 4 is 0 Å². The topological polar surface area (TPSA) is 32.3 Å². The molecule has 1 aliphatic carbocycles. The molecule has 4 unspecified atom stereocenters. The molecule has 0 aliphatic heterocycles. The van der Waals surface area contributed by atoms with E-state index in [-0.39, 0.29) is 12.1 Å². The van der Waals surface area contributed by atoms with Crippen LogP contribution in [-0.2, 0) is 0 Å². The summed E-state index contributed by atoms with van der Waals surface area (Å²) in [5.74, 6) is 1.62. The van der Waals surface area contributed by atoms with Crippen LogP contribution in [0, 0.1) is 11.8 Å². The molecule has 4 atom stereocenters. The van der Waals surface area contributed by atoms with E-state index in [9.17, 15) is 5.11 Å². The van der Waals surface area contributed by atoms with E-state index < -0.39 is 0 Å². The first-order chi connectivity index (χ1) is 7.50. The second-order valence-corrected chi connectivity index (χ2v) is 6.12. The molecule has 16 heavy (non-hydrogen) atoms. The van der Waals surface area contributed by atoms with Crippen molar-refractivity contribution in [1.29, 1.82) is 0 Å². The van der Waals surface area contributed by atoms with Crippen molar-refractivity contribution in [2.45, 2.75) is 71.4 Å². The van der Waals surface area contributed by atoms with Crippen molar-refractivity contribution in [2.75, 3.05) is 6.61 Å². The molecular weight excluding hydrogens is 198 g/mol. The van der Waals surface area contributed by atoms with E-state index in [0.717, 1.165) is 24.7 Å². The Kier molecular flexibility index (Phi) is 5.26. The summed E-state index contributed by atoms with van der Waals surface area (Å²) in [4.78, 5) is 0. The molecule has 1 rings (SSSR count). The summed E-state index contributed by atoms with van der Waals surface area (Å²) in [5.41, 5.74) is -0.0751. The van der Waals surface area contributed by atoms with Gasteiger partial charge in [-0.2, -0.15) is 0 Å². The maximum absolute atomic E-state index is 9.52. The monoisotopic (exact) mass is 227 g/mol. The fourth-order valence-electron chi connectivity index (χ4n) is 3.08. The number of aliphatic hydroxyl groups excluding tert-OH is 1. The zero-order valence-electron chi connectivity index (χ0n) is 11.4. The Labute approximate surface area is 101 Å². The van der Waals surface area contributed by atoms with Crippen LogP contribution in [0.1, 0.15) is 59.8 Å². The zero-order valence-corrected chi connectivity index (χ0v) is 11.4. The van der Waals surface area contributed by atoms with Crippen LogP contribution >= 0.6 is 0 Å². The van der Waals surface area contributed by atoms with Crippen molar-refractivity contribution in [3.05, 3.63) is 0 Å².